The number of hydrogen-bond donors (Lipinski definition) is 0. The van der Waals surface area contributed by atoms with Crippen LogP contribution in [-0.2, 0) is 15.9 Å². The summed E-state index contributed by atoms with van der Waals surface area (Å²) in [6, 6.07) is 13.2. The number of ether oxygens (including phenoxy) is 2. The number of aromatic nitrogens is 1. The van der Waals surface area contributed by atoms with Gasteiger partial charge in [-0.05, 0) is 30.9 Å². The van der Waals surface area contributed by atoms with Crippen LogP contribution in [0.3, 0.4) is 0 Å². The van der Waals surface area contributed by atoms with Gasteiger partial charge in [-0.1, -0.05) is 134 Å². The quantitative estimate of drug-likeness (QED) is 0.177. The van der Waals surface area contributed by atoms with E-state index in [9.17, 15) is 0 Å². The third kappa shape index (κ3) is 11.7. The molecule has 3 heteroatoms. The number of benzene rings is 1. The molecule has 0 aliphatic carbocycles. The first kappa shape index (κ1) is 29.8. The van der Waals surface area contributed by atoms with Crippen LogP contribution in [0.25, 0.3) is 11.3 Å². The average molecular weight is 508 g/mol. The molecule has 37 heavy (non-hydrogen) atoms. The first-order valence-corrected chi connectivity index (χ1v) is 15.6. The van der Waals surface area contributed by atoms with Crippen molar-refractivity contribution in [3.8, 4) is 11.3 Å². The zero-order valence-corrected chi connectivity index (χ0v) is 23.9. The van der Waals surface area contributed by atoms with Crippen LogP contribution in [0.15, 0.2) is 42.6 Å². The average Bonchev–Trinajstić information content (AvgIpc) is 2.95. The summed E-state index contributed by atoms with van der Waals surface area (Å²) in [5.74, 6) is 0.531. The van der Waals surface area contributed by atoms with E-state index in [1.54, 1.807) is 0 Å². The minimum Gasteiger partial charge on any atom is -0.348 e. The minimum atomic E-state index is -0.277. The van der Waals surface area contributed by atoms with Crippen LogP contribution in [0.4, 0.5) is 0 Å². The lowest BCUT2D eigenvalue weighted by molar-refractivity contribution is -0.206. The zero-order chi connectivity index (χ0) is 26.0. The standard InChI is InChI=1S/C34H53NO2/c1-3-5-7-9-11-13-15-17-19-30-27-36-34(37-28-30)32-24-25-33(35-26-32)31-22-20-29(21-23-31)18-16-14-12-10-8-6-4-2/h20-26,30,34H,3-19,27-28H2,1-2H3. The largest absolute Gasteiger partial charge is 0.348 e. The molecule has 1 aliphatic rings. The summed E-state index contributed by atoms with van der Waals surface area (Å²) in [6.45, 7) is 6.15. The van der Waals surface area contributed by atoms with Crippen molar-refractivity contribution in [3.05, 3.63) is 53.7 Å². The van der Waals surface area contributed by atoms with Gasteiger partial charge in [0.25, 0.3) is 0 Å². The maximum atomic E-state index is 6.07. The zero-order valence-electron chi connectivity index (χ0n) is 23.9. The number of unbranched alkanes of at least 4 members (excludes halogenated alkanes) is 13. The van der Waals surface area contributed by atoms with Gasteiger partial charge < -0.3 is 9.47 Å². The van der Waals surface area contributed by atoms with Crippen molar-refractivity contribution < 1.29 is 9.47 Å². The Bertz CT molecular complexity index is 809. The van der Waals surface area contributed by atoms with Crippen LogP contribution in [0.5, 0.6) is 0 Å². The highest BCUT2D eigenvalue weighted by Crippen LogP contribution is 2.28. The molecular formula is C34H53NO2. The molecule has 1 aromatic carbocycles. The molecule has 0 bridgehead atoms. The van der Waals surface area contributed by atoms with Crippen LogP contribution >= 0.6 is 0 Å². The molecule has 3 rings (SSSR count). The third-order valence-corrected chi connectivity index (χ3v) is 7.81. The highest BCUT2D eigenvalue weighted by Gasteiger charge is 2.23. The van der Waals surface area contributed by atoms with Crippen LogP contribution in [0.2, 0.25) is 0 Å². The highest BCUT2D eigenvalue weighted by atomic mass is 16.7. The Morgan fingerprint density at radius 1 is 0.649 bits per heavy atom. The molecule has 0 atom stereocenters. The summed E-state index contributed by atoms with van der Waals surface area (Å²) >= 11 is 0. The maximum absolute atomic E-state index is 6.07. The Hall–Kier alpha value is -1.71. The van der Waals surface area contributed by atoms with Crippen LogP contribution in [0, 0.1) is 5.92 Å². The number of pyridine rings is 1. The van der Waals surface area contributed by atoms with Gasteiger partial charge in [-0.25, -0.2) is 0 Å². The van der Waals surface area contributed by atoms with Crippen molar-refractivity contribution in [2.24, 2.45) is 5.92 Å². The highest BCUT2D eigenvalue weighted by molar-refractivity contribution is 5.59. The van der Waals surface area contributed by atoms with Crippen molar-refractivity contribution in [2.45, 2.75) is 129 Å². The maximum Gasteiger partial charge on any atom is 0.185 e. The summed E-state index contributed by atoms with van der Waals surface area (Å²) in [5, 5.41) is 0. The van der Waals surface area contributed by atoms with E-state index >= 15 is 0 Å². The predicted octanol–water partition coefficient (Wildman–Crippen LogP) is 10.2. The second kappa shape index (κ2) is 18.5. The summed E-state index contributed by atoms with van der Waals surface area (Å²) in [5.41, 5.74) is 4.63. The first-order valence-electron chi connectivity index (χ1n) is 15.6. The van der Waals surface area contributed by atoms with Crippen molar-refractivity contribution in [3.63, 3.8) is 0 Å². The Balaban J connectivity index is 1.31. The molecule has 1 saturated heterocycles. The molecule has 1 aromatic heterocycles. The molecule has 0 saturated carbocycles. The van der Waals surface area contributed by atoms with Gasteiger partial charge in [0.05, 0.1) is 18.9 Å². The molecule has 0 amide bonds. The molecule has 2 aromatic rings. The van der Waals surface area contributed by atoms with Gasteiger partial charge in [0.1, 0.15) is 0 Å². The SMILES string of the molecule is CCCCCCCCCCC1COC(c2ccc(-c3ccc(CCCCCCCCC)cc3)nc2)OC1. The molecular weight excluding hydrogens is 454 g/mol. The fraction of sp³-hybridized carbons (Fsp3) is 0.676. The van der Waals surface area contributed by atoms with E-state index in [1.165, 1.54) is 120 Å². The van der Waals surface area contributed by atoms with E-state index in [2.05, 4.69) is 50.2 Å². The van der Waals surface area contributed by atoms with E-state index in [0.717, 1.165) is 24.5 Å². The van der Waals surface area contributed by atoms with Crippen molar-refractivity contribution in [2.75, 3.05) is 13.2 Å². The molecule has 0 N–H and O–H groups in total. The lowest BCUT2D eigenvalue weighted by Gasteiger charge is -2.29. The molecule has 1 fully saturated rings. The van der Waals surface area contributed by atoms with E-state index in [4.69, 9.17) is 14.5 Å². The second-order valence-electron chi connectivity index (χ2n) is 11.2. The Morgan fingerprint density at radius 3 is 1.78 bits per heavy atom. The fourth-order valence-electron chi connectivity index (χ4n) is 5.31. The lowest BCUT2D eigenvalue weighted by atomic mass is 10.0. The van der Waals surface area contributed by atoms with Gasteiger partial charge in [0, 0.05) is 23.2 Å². The molecule has 0 spiro atoms. The lowest BCUT2D eigenvalue weighted by Crippen LogP contribution is -2.27. The first-order chi connectivity index (χ1) is 18.3. The van der Waals surface area contributed by atoms with Crippen LogP contribution < -0.4 is 0 Å². The Labute approximate surface area is 227 Å². The van der Waals surface area contributed by atoms with Crippen molar-refractivity contribution >= 4 is 0 Å². The molecule has 0 radical (unpaired) electrons. The summed E-state index contributed by atoms with van der Waals surface area (Å²) in [7, 11) is 0. The van der Waals surface area contributed by atoms with Gasteiger partial charge >= 0.3 is 0 Å². The summed E-state index contributed by atoms with van der Waals surface area (Å²) in [6.07, 6.45) is 24.5. The molecule has 1 aliphatic heterocycles. The molecule has 0 unspecified atom stereocenters. The summed E-state index contributed by atoms with van der Waals surface area (Å²) in [4.78, 5) is 4.72. The van der Waals surface area contributed by atoms with Gasteiger partial charge in [0.15, 0.2) is 6.29 Å². The monoisotopic (exact) mass is 507 g/mol. The van der Waals surface area contributed by atoms with E-state index in [1.807, 2.05) is 6.20 Å². The van der Waals surface area contributed by atoms with Gasteiger partial charge in [0.2, 0.25) is 0 Å². The van der Waals surface area contributed by atoms with Gasteiger partial charge in [-0.3, -0.25) is 4.98 Å². The Morgan fingerprint density at radius 2 is 1.22 bits per heavy atom. The second-order valence-corrected chi connectivity index (χ2v) is 11.2. The molecule has 3 nitrogen and oxygen atoms in total. The Kier molecular flexibility index (Phi) is 14.9. The van der Waals surface area contributed by atoms with Crippen molar-refractivity contribution in [1.29, 1.82) is 0 Å². The summed E-state index contributed by atoms with van der Waals surface area (Å²) < 4.78 is 12.1. The van der Waals surface area contributed by atoms with Crippen LogP contribution in [0.1, 0.15) is 134 Å². The van der Waals surface area contributed by atoms with E-state index in [0.29, 0.717) is 5.92 Å². The third-order valence-electron chi connectivity index (χ3n) is 7.81. The smallest absolute Gasteiger partial charge is 0.185 e. The van der Waals surface area contributed by atoms with Crippen LogP contribution in [-0.4, -0.2) is 18.2 Å². The predicted molar refractivity (Wildman–Crippen MR) is 157 cm³/mol. The van der Waals surface area contributed by atoms with Gasteiger partial charge in [-0.2, -0.15) is 0 Å². The van der Waals surface area contributed by atoms with Crippen molar-refractivity contribution in [1.82, 2.24) is 4.98 Å². The topological polar surface area (TPSA) is 31.4 Å². The normalized spacial score (nSPS) is 17.8. The van der Waals surface area contributed by atoms with E-state index < -0.39 is 0 Å². The van der Waals surface area contributed by atoms with E-state index in [-0.39, 0.29) is 6.29 Å². The van der Waals surface area contributed by atoms with Gasteiger partial charge in [-0.15, -0.1) is 0 Å². The number of hydrogen-bond acceptors (Lipinski definition) is 3. The molecule has 2 heterocycles. The number of rotatable bonds is 19. The number of aryl methyl sites for hydroxylation is 1. The minimum absolute atomic E-state index is 0.277. The fourth-order valence-corrected chi connectivity index (χ4v) is 5.31. The molecule has 206 valence electrons. The number of nitrogens with zero attached hydrogens (tertiary/aromatic N) is 1.